The molecule has 0 aliphatic heterocycles. The number of nitrogens with zero attached hydrogens (tertiary/aromatic N) is 1. The molecule has 4 rings (SSSR count). The van der Waals surface area contributed by atoms with Crippen LogP contribution in [0, 0.1) is 0 Å². The number of rotatable bonds is 5. The van der Waals surface area contributed by atoms with Crippen molar-refractivity contribution in [2.24, 2.45) is 7.05 Å². The molecule has 0 bridgehead atoms. The van der Waals surface area contributed by atoms with Gasteiger partial charge in [-0.25, -0.2) is 9.59 Å². The summed E-state index contributed by atoms with van der Waals surface area (Å²) < 4.78 is 11.4. The van der Waals surface area contributed by atoms with Gasteiger partial charge in [-0.1, -0.05) is 48.5 Å². The molecule has 1 N–H and O–H groups in total. The predicted octanol–water partition coefficient (Wildman–Crippen LogP) is 4.67. The van der Waals surface area contributed by atoms with Crippen molar-refractivity contribution in [2.75, 3.05) is 19.5 Å². The van der Waals surface area contributed by atoms with E-state index in [4.69, 9.17) is 9.47 Å². The highest BCUT2D eigenvalue weighted by molar-refractivity contribution is 6.13. The summed E-state index contributed by atoms with van der Waals surface area (Å²) in [6.45, 7) is 0. The molecule has 3 aromatic carbocycles. The largest absolute Gasteiger partial charge is 0.465 e. The Balaban J connectivity index is 1.65. The van der Waals surface area contributed by atoms with Crippen molar-refractivity contribution in [1.82, 2.24) is 4.57 Å². The van der Waals surface area contributed by atoms with E-state index in [1.165, 1.54) is 20.4 Å². The van der Waals surface area contributed by atoms with Gasteiger partial charge in [0.2, 0.25) is 0 Å². The zero-order valence-electron chi connectivity index (χ0n) is 18.4. The first kappa shape index (κ1) is 21.8. The maximum absolute atomic E-state index is 12.9. The van der Waals surface area contributed by atoms with Gasteiger partial charge in [0.05, 0.1) is 31.0 Å². The summed E-state index contributed by atoms with van der Waals surface area (Å²) in [5, 5.41) is 4.77. The Morgan fingerprint density at radius 1 is 0.788 bits per heavy atom. The fourth-order valence-corrected chi connectivity index (χ4v) is 3.88. The van der Waals surface area contributed by atoms with Crippen LogP contribution in [0.3, 0.4) is 0 Å². The normalized spacial score (nSPS) is 10.6. The first-order valence-corrected chi connectivity index (χ1v) is 10.2. The van der Waals surface area contributed by atoms with E-state index in [9.17, 15) is 14.4 Å². The molecule has 7 heteroatoms. The van der Waals surface area contributed by atoms with E-state index in [0.29, 0.717) is 22.5 Å². The van der Waals surface area contributed by atoms with Crippen LogP contribution in [-0.4, -0.2) is 36.6 Å². The summed E-state index contributed by atoms with van der Waals surface area (Å²) >= 11 is 0. The number of aromatic nitrogens is 1. The lowest BCUT2D eigenvalue weighted by Gasteiger charge is -2.11. The Bertz CT molecular complexity index is 1360. The number of hydrogen-bond donors (Lipinski definition) is 1. The number of aryl methyl sites for hydroxylation is 1. The lowest BCUT2D eigenvalue weighted by Crippen LogP contribution is -2.12. The molecule has 0 saturated carbocycles. The second-order valence-corrected chi connectivity index (χ2v) is 7.42. The van der Waals surface area contributed by atoms with Gasteiger partial charge >= 0.3 is 11.9 Å². The average Bonchev–Trinajstić information content (AvgIpc) is 3.20. The lowest BCUT2D eigenvalue weighted by atomic mass is 10.0. The Kier molecular flexibility index (Phi) is 5.95. The van der Waals surface area contributed by atoms with E-state index in [2.05, 4.69) is 5.32 Å². The Morgan fingerprint density at radius 2 is 1.45 bits per heavy atom. The Hall–Kier alpha value is -4.39. The molecule has 0 unspecified atom stereocenters. The number of carbonyl (C=O) groups is 3. The average molecular weight is 442 g/mol. The SMILES string of the molecule is COC(=O)c1cn(C)c(-c2ccc(NC(=O)c3cccc4ccccc34)cc2)c1C(=O)OC. The van der Waals surface area contributed by atoms with E-state index < -0.39 is 11.9 Å². The van der Waals surface area contributed by atoms with Crippen molar-refractivity contribution in [3.8, 4) is 11.3 Å². The van der Waals surface area contributed by atoms with Gasteiger partial charge in [-0.2, -0.15) is 0 Å². The van der Waals surface area contributed by atoms with Crippen LogP contribution in [0.4, 0.5) is 5.69 Å². The van der Waals surface area contributed by atoms with Gasteiger partial charge in [0.1, 0.15) is 0 Å². The molecule has 0 aliphatic carbocycles. The fraction of sp³-hybridized carbons (Fsp3) is 0.115. The maximum atomic E-state index is 12.9. The third-order valence-electron chi connectivity index (χ3n) is 5.43. The van der Waals surface area contributed by atoms with Crippen LogP contribution in [-0.2, 0) is 16.5 Å². The molecule has 4 aromatic rings. The lowest BCUT2D eigenvalue weighted by molar-refractivity contribution is 0.0557. The standard InChI is InChI=1S/C26H22N2O5/c1-28-15-21(25(30)32-2)22(26(31)33-3)23(28)17-11-13-18(14-12-17)27-24(29)20-10-6-8-16-7-4-5-9-19(16)20/h4-15H,1-3H3,(H,27,29). The first-order valence-electron chi connectivity index (χ1n) is 10.2. The summed E-state index contributed by atoms with van der Waals surface area (Å²) in [6.07, 6.45) is 1.53. The number of fused-ring (bicyclic) bond motifs is 1. The molecule has 1 aromatic heterocycles. The van der Waals surface area contributed by atoms with Gasteiger partial charge in [0.25, 0.3) is 5.91 Å². The van der Waals surface area contributed by atoms with Crippen LogP contribution in [0.15, 0.2) is 72.9 Å². The van der Waals surface area contributed by atoms with Gasteiger partial charge in [-0.3, -0.25) is 4.79 Å². The van der Waals surface area contributed by atoms with Gasteiger partial charge in [0.15, 0.2) is 0 Å². The highest BCUT2D eigenvalue weighted by atomic mass is 16.5. The number of carbonyl (C=O) groups excluding carboxylic acids is 3. The van der Waals surface area contributed by atoms with Crippen LogP contribution < -0.4 is 5.32 Å². The van der Waals surface area contributed by atoms with Crippen molar-refractivity contribution < 1.29 is 23.9 Å². The molecule has 1 amide bonds. The third-order valence-corrected chi connectivity index (χ3v) is 5.43. The number of amides is 1. The summed E-state index contributed by atoms with van der Waals surface area (Å²) in [7, 11) is 4.24. The molecule has 0 aliphatic rings. The number of hydrogen-bond acceptors (Lipinski definition) is 5. The third kappa shape index (κ3) is 4.08. The van der Waals surface area contributed by atoms with E-state index in [-0.39, 0.29) is 17.0 Å². The number of nitrogens with one attached hydrogen (secondary N) is 1. The number of ether oxygens (including phenoxy) is 2. The van der Waals surface area contributed by atoms with Gasteiger partial charge < -0.3 is 19.4 Å². The minimum Gasteiger partial charge on any atom is -0.465 e. The van der Waals surface area contributed by atoms with E-state index in [1.807, 2.05) is 36.4 Å². The van der Waals surface area contributed by atoms with Crippen molar-refractivity contribution in [3.63, 3.8) is 0 Å². The van der Waals surface area contributed by atoms with Crippen LogP contribution >= 0.6 is 0 Å². The minimum absolute atomic E-state index is 0.121. The van der Waals surface area contributed by atoms with Crippen molar-refractivity contribution in [1.29, 1.82) is 0 Å². The van der Waals surface area contributed by atoms with Crippen LogP contribution in [0.5, 0.6) is 0 Å². The highest BCUT2D eigenvalue weighted by Gasteiger charge is 2.27. The van der Waals surface area contributed by atoms with Gasteiger partial charge in [-0.05, 0) is 34.5 Å². The number of benzene rings is 3. The number of esters is 2. The Morgan fingerprint density at radius 3 is 2.15 bits per heavy atom. The smallest absolute Gasteiger partial charge is 0.340 e. The van der Waals surface area contributed by atoms with E-state index in [1.54, 1.807) is 41.9 Å². The summed E-state index contributed by atoms with van der Waals surface area (Å²) in [4.78, 5) is 37.5. The second kappa shape index (κ2) is 9.00. The maximum Gasteiger partial charge on any atom is 0.340 e. The number of anilines is 1. The zero-order valence-corrected chi connectivity index (χ0v) is 18.4. The van der Waals surface area contributed by atoms with Crippen LogP contribution in [0.25, 0.3) is 22.0 Å². The molecular weight excluding hydrogens is 420 g/mol. The van der Waals surface area contributed by atoms with Gasteiger partial charge in [0, 0.05) is 24.5 Å². The molecule has 0 fully saturated rings. The molecule has 166 valence electrons. The van der Waals surface area contributed by atoms with Crippen molar-refractivity contribution >= 4 is 34.3 Å². The fourth-order valence-electron chi connectivity index (χ4n) is 3.88. The quantitative estimate of drug-likeness (QED) is 0.454. The van der Waals surface area contributed by atoms with Crippen LogP contribution in [0.2, 0.25) is 0 Å². The molecular formula is C26H22N2O5. The molecule has 33 heavy (non-hydrogen) atoms. The monoisotopic (exact) mass is 442 g/mol. The molecule has 7 nitrogen and oxygen atoms in total. The van der Waals surface area contributed by atoms with Crippen LogP contribution in [0.1, 0.15) is 31.1 Å². The van der Waals surface area contributed by atoms with E-state index in [0.717, 1.165) is 10.8 Å². The topological polar surface area (TPSA) is 86.6 Å². The highest BCUT2D eigenvalue weighted by Crippen LogP contribution is 2.30. The molecule has 0 radical (unpaired) electrons. The number of methoxy groups -OCH3 is 2. The van der Waals surface area contributed by atoms with E-state index >= 15 is 0 Å². The van der Waals surface area contributed by atoms with Crippen molar-refractivity contribution in [3.05, 3.63) is 89.6 Å². The van der Waals surface area contributed by atoms with Gasteiger partial charge in [-0.15, -0.1) is 0 Å². The summed E-state index contributed by atoms with van der Waals surface area (Å²) in [5.74, 6) is -1.49. The summed E-state index contributed by atoms with van der Waals surface area (Å²) in [6, 6.07) is 20.3. The second-order valence-electron chi connectivity index (χ2n) is 7.42. The Labute approximate surface area is 190 Å². The minimum atomic E-state index is -0.640. The zero-order chi connectivity index (χ0) is 23.5. The van der Waals surface area contributed by atoms with Crippen molar-refractivity contribution in [2.45, 2.75) is 0 Å². The molecule has 0 atom stereocenters. The molecule has 0 saturated heterocycles. The molecule has 0 spiro atoms. The predicted molar refractivity (Wildman–Crippen MR) is 125 cm³/mol. The first-order chi connectivity index (χ1) is 15.9. The molecule has 1 heterocycles. The summed E-state index contributed by atoms with van der Waals surface area (Å²) in [5.41, 5.74) is 2.61.